The lowest BCUT2D eigenvalue weighted by Crippen LogP contribution is -2.34. The lowest BCUT2D eigenvalue weighted by molar-refractivity contribution is -0.161. The van der Waals surface area contributed by atoms with Crippen molar-refractivity contribution in [2.24, 2.45) is 5.73 Å². The van der Waals surface area contributed by atoms with Crippen LogP contribution in [-0.4, -0.2) is 59.9 Å². The number of esters is 2. The van der Waals surface area contributed by atoms with Gasteiger partial charge in [-0.25, -0.2) is 4.57 Å². The molecule has 0 aliphatic carbocycles. The SMILES string of the molecule is CC/C=C/C/C=C/C/C=C/CCCCCCCC(=O)OC[C@H](COP(=O)(O)OC[C@H](N)C(=O)O)OC(=O)CCCCCCC/C=C/CCCCC. The Bertz CT molecular complexity index is 1060. The van der Waals surface area contributed by atoms with Crippen LogP contribution in [0.5, 0.6) is 0 Å². The number of hydrogen-bond acceptors (Lipinski definition) is 9. The van der Waals surface area contributed by atoms with E-state index in [1.54, 1.807) is 0 Å². The molecular formula is C39H68NO10P. The zero-order chi connectivity index (χ0) is 37.8. The van der Waals surface area contributed by atoms with E-state index < -0.39 is 51.1 Å². The standard InChI is InChI=1S/C39H68NO10P/c1-3-5-7-9-11-13-15-17-18-19-21-22-24-26-28-30-37(41)47-32-35(33-48-51(45,46)49-34-36(40)39(43)44)50-38(42)31-29-27-25-23-20-16-14-12-10-8-6-4-2/h5,7,11-14,17-18,35-36H,3-4,6,8-10,15-16,19-34,40H2,1-2H3,(H,43,44)(H,45,46)/b7-5+,13-11+,14-12+,18-17+/t35-,36+/m1/s1. The van der Waals surface area contributed by atoms with E-state index in [9.17, 15) is 23.8 Å². The highest BCUT2D eigenvalue weighted by Gasteiger charge is 2.28. The number of carbonyl (C=O) groups is 3. The number of unbranched alkanes of at least 4 members (excludes halogenated alkanes) is 13. The Hall–Kier alpha value is -2.56. The molecule has 0 aliphatic heterocycles. The maximum absolute atomic E-state index is 12.5. The van der Waals surface area contributed by atoms with Crippen LogP contribution in [0.15, 0.2) is 48.6 Å². The molecule has 12 heteroatoms. The third kappa shape index (κ3) is 34.3. The van der Waals surface area contributed by atoms with Crippen LogP contribution in [0, 0.1) is 0 Å². The molecule has 0 saturated heterocycles. The monoisotopic (exact) mass is 741 g/mol. The molecule has 0 saturated carbocycles. The zero-order valence-corrected chi connectivity index (χ0v) is 32.3. The number of carbonyl (C=O) groups excluding carboxylic acids is 2. The molecule has 0 bridgehead atoms. The largest absolute Gasteiger partial charge is 0.480 e. The van der Waals surface area contributed by atoms with E-state index in [0.717, 1.165) is 89.9 Å². The van der Waals surface area contributed by atoms with E-state index in [1.165, 1.54) is 19.3 Å². The van der Waals surface area contributed by atoms with E-state index in [-0.39, 0.29) is 19.4 Å². The highest BCUT2D eigenvalue weighted by atomic mass is 31.2. The van der Waals surface area contributed by atoms with Gasteiger partial charge in [-0.2, -0.15) is 0 Å². The van der Waals surface area contributed by atoms with Gasteiger partial charge in [0.15, 0.2) is 6.10 Å². The van der Waals surface area contributed by atoms with Crippen LogP contribution < -0.4 is 5.73 Å². The summed E-state index contributed by atoms with van der Waals surface area (Å²) in [5, 5.41) is 8.86. The number of nitrogens with two attached hydrogens (primary N) is 1. The molecule has 4 N–H and O–H groups in total. The molecule has 0 radical (unpaired) electrons. The first-order chi connectivity index (χ1) is 24.6. The van der Waals surface area contributed by atoms with Crippen LogP contribution >= 0.6 is 7.82 Å². The second-order valence-electron chi connectivity index (χ2n) is 12.7. The lowest BCUT2D eigenvalue weighted by atomic mass is 10.1. The van der Waals surface area contributed by atoms with Crippen molar-refractivity contribution in [2.45, 2.75) is 161 Å². The number of rotatable bonds is 35. The number of ether oxygens (including phenoxy) is 2. The van der Waals surface area contributed by atoms with E-state index in [0.29, 0.717) is 12.8 Å². The molecule has 294 valence electrons. The van der Waals surface area contributed by atoms with Gasteiger partial charge in [-0.1, -0.05) is 114 Å². The molecule has 0 amide bonds. The fourth-order valence-corrected chi connectivity index (χ4v) is 5.56. The van der Waals surface area contributed by atoms with Crippen LogP contribution in [0.3, 0.4) is 0 Å². The molecule has 0 aliphatic rings. The Morgan fingerprint density at radius 1 is 0.627 bits per heavy atom. The van der Waals surface area contributed by atoms with Gasteiger partial charge in [0.2, 0.25) is 0 Å². The van der Waals surface area contributed by atoms with Gasteiger partial charge in [0.1, 0.15) is 12.6 Å². The molecule has 0 spiro atoms. The smallest absolute Gasteiger partial charge is 0.472 e. The van der Waals surface area contributed by atoms with Crippen LogP contribution in [0.25, 0.3) is 0 Å². The number of allylic oxidation sites excluding steroid dienone is 8. The van der Waals surface area contributed by atoms with Gasteiger partial charge in [-0.05, 0) is 70.6 Å². The Labute approximate surface area is 307 Å². The van der Waals surface area contributed by atoms with Crippen LogP contribution in [0.1, 0.15) is 149 Å². The summed E-state index contributed by atoms with van der Waals surface area (Å²) in [7, 11) is -4.72. The van der Waals surface area contributed by atoms with Gasteiger partial charge >= 0.3 is 25.7 Å². The molecule has 0 heterocycles. The van der Waals surface area contributed by atoms with Crippen molar-refractivity contribution in [3.8, 4) is 0 Å². The minimum Gasteiger partial charge on any atom is -0.480 e. The third-order valence-corrected chi connectivity index (χ3v) is 8.76. The van der Waals surface area contributed by atoms with Gasteiger partial charge in [-0.15, -0.1) is 0 Å². The Kier molecular flexibility index (Phi) is 32.8. The van der Waals surface area contributed by atoms with Crippen molar-refractivity contribution >= 4 is 25.7 Å². The van der Waals surface area contributed by atoms with Gasteiger partial charge in [0.25, 0.3) is 0 Å². The van der Waals surface area contributed by atoms with Crippen molar-refractivity contribution in [1.29, 1.82) is 0 Å². The summed E-state index contributed by atoms with van der Waals surface area (Å²) in [6.07, 6.45) is 36.1. The van der Waals surface area contributed by atoms with E-state index in [2.05, 4.69) is 67.0 Å². The van der Waals surface area contributed by atoms with Gasteiger partial charge < -0.3 is 25.2 Å². The number of aliphatic carboxylic acids is 1. The van der Waals surface area contributed by atoms with Crippen molar-refractivity contribution in [3.05, 3.63) is 48.6 Å². The Morgan fingerprint density at radius 3 is 1.67 bits per heavy atom. The average molecular weight is 742 g/mol. The molecule has 0 aromatic carbocycles. The summed E-state index contributed by atoms with van der Waals surface area (Å²) < 4.78 is 32.5. The fourth-order valence-electron chi connectivity index (χ4n) is 4.78. The van der Waals surface area contributed by atoms with Gasteiger partial charge in [0, 0.05) is 12.8 Å². The van der Waals surface area contributed by atoms with Crippen LogP contribution in [0.2, 0.25) is 0 Å². The molecule has 3 atom stereocenters. The summed E-state index contributed by atoms with van der Waals surface area (Å²) in [4.78, 5) is 45.7. The normalized spacial score (nSPS) is 14.4. The maximum atomic E-state index is 12.5. The number of phosphoric ester groups is 1. The molecule has 0 aromatic heterocycles. The molecule has 51 heavy (non-hydrogen) atoms. The second-order valence-corrected chi connectivity index (χ2v) is 14.1. The lowest BCUT2D eigenvalue weighted by Gasteiger charge is -2.20. The van der Waals surface area contributed by atoms with Gasteiger partial charge in [-0.3, -0.25) is 23.4 Å². The molecule has 1 unspecified atom stereocenters. The highest BCUT2D eigenvalue weighted by Crippen LogP contribution is 2.43. The quantitative estimate of drug-likeness (QED) is 0.0244. The number of phosphoric acid groups is 1. The number of carboxylic acid groups (broad SMARTS) is 1. The van der Waals surface area contributed by atoms with Crippen LogP contribution in [-0.2, 0) is 37.5 Å². The topological polar surface area (TPSA) is 172 Å². The first kappa shape index (κ1) is 48.4. The summed E-state index contributed by atoms with van der Waals surface area (Å²) in [5.74, 6) is -2.42. The number of carboxylic acids is 1. The predicted molar refractivity (Wildman–Crippen MR) is 203 cm³/mol. The van der Waals surface area contributed by atoms with Crippen molar-refractivity contribution < 1.29 is 47.5 Å². The second kappa shape index (κ2) is 34.5. The summed E-state index contributed by atoms with van der Waals surface area (Å²) in [5.41, 5.74) is 5.31. The van der Waals surface area contributed by atoms with E-state index in [1.807, 2.05) is 0 Å². The number of hydrogen-bond donors (Lipinski definition) is 3. The summed E-state index contributed by atoms with van der Waals surface area (Å²) in [6.45, 7) is 2.61. The first-order valence-electron chi connectivity index (χ1n) is 19.2. The Morgan fingerprint density at radius 2 is 1.10 bits per heavy atom. The first-order valence-corrected chi connectivity index (χ1v) is 20.7. The van der Waals surface area contributed by atoms with Crippen molar-refractivity contribution in [2.75, 3.05) is 19.8 Å². The fraction of sp³-hybridized carbons (Fsp3) is 0.718. The molecule has 0 aromatic rings. The average Bonchev–Trinajstić information content (AvgIpc) is 3.10. The van der Waals surface area contributed by atoms with E-state index >= 15 is 0 Å². The Balaban J connectivity index is 4.48. The summed E-state index contributed by atoms with van der Waals surface area (Å²) >= 11 is 0. The van der Waals surface area contributed by atoms with Crippen molar-refractivity contribution in [3.63, 3.8) is 0 Å². The third-order valence-electron chi connectivity index (χ3n) is 7.81. The highest BCUT2D eigenvalue weighted by molar-refractivity contribution is 7.47. The minimum atomic E-state index is -4.72. The van der Waals surface area contributed by atoms with Gasteiger partial charge in [0.05, 0.1) is 13.2 Å². The molecular weight excluding hydrogens is 673 g/mol. The van der Waals surface area contributed by atoms with Crippen LogP contribution in [0.4, 0.5) is 0 Å². The van der Waals surface area contributed by atoms with E-state index in [4.69, 9.17) is 24.8 Å². The van der Waals surface area contributed by atoms with Crippen molar-refractivity contribution in [1.82, 2.24) is 0 Å². The predicted octanol–water partition coefficient (Wildman–Crippen LogP) is 9.44. The maximum Gasteiger partial charge on any atom is 0.472 e. The zero-order valence-electron chi connectivity index (χ0n) is 31.4. The summed E-state index contributed by atoms with van der Waals surface area (Å²) in [6, 6.07) is -1.52. The molecule has 0 rings (SSSR count). The molecule has 11 nitrogen and oxygen atoms in total. The minimum absolute atomic E-state index is 0.145. The molecule has 0 fully saturated rings.